The summed E-state index contributed by atoms with van der Waals surface area (Å²) < 4.78 is 84.6. The lowest BCUT2D eigenvalue weighted by atomic mass is 9.85. The summed E-state index contributed by atoms with van der Waals surface area (Å²) >= 11 is 0. The number of methoxy groups -OCH3 is 1. The Morgan fingerprint density at radius 1 is 1.11 bits per heavy atom. The first-order chi connectivity index (χ1) is 17.2. The molecule has 4 rings (SSSR count). The Bertz CT molecular complexity index is 1300. The maximum atomic E-state index is 13.4. The topological polar surface area (TPSA) is 99.6 Å². The molecule has 0 spiro atoms. The molecule has 0 amide bonds. The van der Waals surface area contributed by atoms with Crippen LogP contribution in [0, 0.1) is 0 Å². The molecule has 1 N–H and O–H groups in total. The molecule has 2 heterocycles. The van der Waals surface area contributed by atoms with Crippen molar-refractivity contribution in [1.29, 1.82) is 0 Å². The lowest BCUT2D eigenvalue weighted by Crippen LogP contribution is -2.19. The number of rotatable bonds is 9. The Labute approximate surface area is 206 Å². The molecule has 0 saturated carbocycles. The van der Waals surface area contributed by atoms with Crippen molar-refractivity contribution in [1.82, 2.24) is 10.2 Å². The number of halogens is 3. The predicted octanol–water partition coefficient (Wildman–Crippen LogP) is 4.63. The molecular weight excluding hydrogens is 499 g/mol. The van der Waals surface area contributed by atoms with Crippen LogP contribution in [0.3, 0.4) is 0 Å². The Morgan fingerprint density at radius 2 is 1.92 bits per heavy atom. The van der Waals surface area contributed by atoms with Gasteiger partial charge in [-0.15, -0.1) is 5.10 Å². The van der Waals surface area contributed by atoms with Crippen molar-refractivity contribution in [3.05, 3.63) is 71.4 Å². The number of aromatic nitrogens is 2. The first kappa shape index (κ1) is 25.7. The summed E-state index contributed by atoms with van der Waals surface area (Å²) in [6.07, 6.45) is -2.11. The Morgan fingerprint density at radius 3 is 2.64 bits per heavy atom. The van der Waals surface area contributed by atoms with Crippen LogP contribution in [-0.2, 0) is 20.9 Å². The minimum absolute atomic E-state index is 0.0454. The molecule has 3 aromatic rings. The zero-order chi connectivity index (χ0) is 25.8. The third-order valence-electron chi connectivity index (χ3n) is 5.61. The highest BCUT2D eigenvalue weighted by molar-refractivity contribution is 7.92. The average Bonchev–Trinajstić information content (AvgIpc) is 2.85. The Kier molecular flexibility index (Phi) is 7.65. The SMILES string of the molecule is COCCCOc1cc(C(F)(F)F)ccc1[C@H]1CCOc2cc(S(=O)(=O)Nc3cccnn3)ccc21. The van der Waals surface area contributed by atoms with E-state index in [1.165, 1.54) is 37.6 Å². The largest absolute Gasteiger partial charge is 0.493 e. The number of benzene rings is 2. The van der Waals surface area contributed by atoms with Gasteiger partial charge in [0.1, 0.15) is 11.5 Å². The normalized spacial score (nSPS) is 15.6. The summed E-state index contributed by atoms with van der Waals surface area (Å²) in [5.41, 5.74) is 0.413. The van der Waals surface area contributed by atoms with Crippen LogP contribution in [0.1, 0.15) is 35.4 Å². The van der Waals surface area contributed by atoms with Crippen molar-refractivity contribution in [3.63, 3.8) is 0 Å². The number of nitrogens with one attached hydrogen (secondary N) is 1. The molecular formula is C24H24F3N3O5S. The Hall–Kier alpha value is -3.38. The van der Waals surface area contributed by atoms with Crippen molar-refractivity contribution in [2.75, 3.05) is 31.7 Å². The first-order valence-corrected chi connectivity index (χ1v) is 12.6. The van der Waals surface area contributed by atoms with E-state index >= 15 is 0 Å². The predicted molar refractivity (Wildman–Crippen MR) is 125 cm³/mol. The summed E-state index contributed by atoms with van der Waals surface area (Å²) in [5.74, 6) is 0.172. The van der Waals surface area contributed by atoms with Crippen molar-refractivity contribution < 1.29 is 35.8 Å². The second-order valence-electron chi connectivity index (χ2n) is 8.05. The molecule has 0 aliphatic carbocycles. The van der Waals surface area contributed by atoms with Crippen molar-refractivity contribution >= 4 is 15.8 Å². The van der Waals surface area contributed by atoms with Gasteiger partial charge < -0.3 is 14.2 Å². The minimum atomic E-state index is -4.52. The van der Waals surface area contributed by atoms with Crippen LogP contribution < -0.4 is 14.2 Å². The zero-order valence-electron chi connectivity index (χ0n) is 19.3. The van der Waals surface area contributed by atoms with Gasteiger partial charge in [0.25, 0.3) is 10.0 Å². The third-order valence-corrected chi connectivity index (χ3v) is 6.97. The van der Waals surface area contributed by atoms with Crippen LogP contribution in [0.5, 0.6) is 11.5 Å². The van der Waals surface area contributed by atoms with Gasteiger partial charge in [-0.3, -0.25) is 4.72 Å². The van der Waals surface area contributed by atoms with Crippen LogP contribution in [0.4, 0.5) is 19.0 Å². The van der Waals surface area contributed by atoms with Gasteiger partial charge in [0.05, 0.1) is 23.7 Å². The second kappa shape index (κ2) is 10.7. The van der Waals surface area contributed by atoms with Gasteiger partial charge in [-0.25, -0.2) is 8.42 Å². The van der Waals surface area contributed by atoms with E-state index in [4.69, 9.17) is 14.2 Å². The molecule has 0 bridgehead atoms. The molecule has 0 radical (unpaired) electrons. The van der Waals surface area contributed by atoms with Crippen molar-refractivity contribution in [3.8, 4) is 11.5 Å². The molecule has 192 valence electrons. The summed E-state index contributed by atoms with van der Waals surface area (Å²) in [7, 11) is -2.44. The van der Waals surface area contributed by atoms with Crippen LogP contribution in [0.25, 0.3) is 0 Å². The standard InChI is InChI=1S/C24H24F3N3O5S/c1-33-11-3-12-34-21-14-16(24(25,26)27)5-7-19(21)18-9-13-35-22-15-17(6-8-20(18)22)36(31,32)30-23-4-2-10-28-29-23/h2,4-8,10,14-15,18H,3,9,11-13H2,1H3,(H,29,30)/t18-/m1/s1. The van der Waals surface area contributed by atoms with Crippen LogP contribution in [0.2, 0.25) is 0 Å². The highest BCUT2D eigenvalue weighted by Crippen LogP contribution is 2.44. The van der Waals surface area contributed by atoms with E-state index in [1.54, 1.807) is 12.1 Å². The van der Waals surface area contributed by atoms with E-state index in [0.29, 0.717) is 36.3 Å². The summed E-state index contributed by atoms with van der Waals surface area (Å²) in [5, 5.41) is 7.37. The lowest BCUT2D eigenvalue weighted by Gasteiger charge is -2.28. The van der Waals surface area contributed by atoms with Gasteiger partial charge in [-0.2, -0.15) is 18.3 Å². The van der Waals surface area contributed by atoms with Gasteiger partial charge in [0.15, 0.2) is 5.82 Å². The molecule has 0 saturated heterocycles. The summed E-state index contributed by atoms with van der Waals surface area (Å²) in [4.78, 5) is -0.0454. The fourth-order valence-corrected chi connectivity index (χ4v) is 4.93. The van der Waals surface area contributed by atoms with Gasteiger partial charge in [-0.05, 0) is 36.8 Å². The van der Waals surface area contributed by atoms with E-state index in [2.05, 4.69) is 14.9 Å². The number of hydrogen-bond donors (Lipinski definition) is 1. The van der Waals surface area contributed by atoms with Gasteiger partial charge in [0, 0.05) is 49.4 Å². The number of nitrogens with zero attached hydrogens (tertiary/aromatic N) is 2. The van der Waals surface area contributed by atoms with E-state index in [9.17, 15) is 21.6 Å². The number of sulfonamides is 1. The van der Waals surface area contributed by atoms with Crippen LogP contribution >= 0.6 is 0 Å². The third kappa shape index (κ3) is 5.88. The molecule has 0 fully saturated rings. The Balaban J connectivity index is 1.66. The quantitative estimate of drug-likeness (QED) is 0.409. The first-order valence-electron chi connectivity index (χ1n) is 11.1. The summed E-state index contributed by atoms with van der Waals surface area (Å²) in [6, 6.07) is 10.9. The van der Waals surface area contributed by atoms with Crippen molar-refractivity contribution in [2.45, 2.75) is 29.8 Å². The minimum Gasteiger partial charge on any atom is -0.493 e. The highest BCUT2D eigenvalue weighted by atomic mass is 32.2. The fourth-order valence-electron chi connectivity index (χ4n) is 3.92. The van der Waals surface area contributed by atoms with E-state index < -0.39 is 21.8 Å². The average molecular weight is 524 g/mol. The number of alkyl halides is 3. The summed E-state index contributed by atoms with van der Waals surface area (Å²) in [6.45, 7) is 0.848. The number of anilines is 1. The van der Waals surface area contributed by atoms with Crippen molar-refractivity contribution in [2.24, 2.45) is 0 Å². The maximum Gasteiger partial charge on any atom is 0.416 e. The fraction of sp³-hybridized carbons (Fsp3) is 0.333. The van der Waals surface area contributed by atoms with Gasteiger partial charge in [0.2, 0.25) is 0 Å². The van der Waals surface area contributed by atoms with E-state index in [0.717, 1.165) is 12.1 Å². The van der Waals surface area contributed by atoms with Crippen LogP contribution in [-0.4, -0.2) is 45.5 Å². The molecule has 1 aliphatic heterocycles. The molecule has 1 aliphatic rings. The number of hydrogen-bond acceptors (Lipinski definition) is 7. The second-order valence-corrected chi connectivity index (χ2v) is 9.73. The lowest BCUT2D eigenvalue weighted by molar-refractivity contribution is -0.137. The monoisotopic (exact) mass is 523 g/mol. The smallest absolute Gasteiger partial charge is 0.416 e. The van der Waals surface area contributed by atoms with Gasteiger partial charge >= 0.3 is 6.18 Å². The molecule has 1 atom stereocenters. The van der Waals surface area contributed by atoms with E-state index in [1.807, 2.05) is 0 Å². The molecule has 1 aromatic heterocycles. The molecule has 12 heteroatoms. The zero-order valence-corrected chi connectivity index (χ0v) is 20.1. The highest BCUT2D eigenvalue weighted by Gasteiger charge is 2.33. The van der Waals surface area contributed by atoms with Gasteiger partial charge in [-0.1, -0.05) is 12.1 Å². The van der Waals surface area contributed by atoms with E-state index in [-0.39, 0.29) is 35.6 Å². The molecule has 36 heavy (non-hydrogen) atoms. The number of ether oxygens (including phenoxy) is 3. The molecule has 2 aromatic carbocycles. The maximum absolute atomic E-state index is 13.4. The molecule has 8 nitrogen and oxygen atoms in total. The number of fused-ring (bicyclic) bond motifs is 1. The van der Waals surface area contributed by atoms with Crippen LogP contribution in [0.15, 0.2) is 59.6 Å². The molecule has 0 unspecified atom stereocenters.